The Kier molecular flexibility index (Phi) is 7.67. The predicted octanol–water partition coefficient (Wildman–Crippen LogP) is 1.25. The Hall–Kier alpha value is -3.17. The number of hydrogen-bond donors (Lipinski definition) is 2. The first-order valence-electron chi connectivity index (χ1n) is 12.9. The highest BCUT2D eigenvalue weighted by molar-refractivity contribution is 5.83. The Morgan fingerprint density at radius 2 is 1.94 bits per heavy atom. The largest absolute Gasteiger partial charge is 0.497 e. The highest BCUT2D eigenvalue weighted by Gasteiger charge is 2.43. The molecule has 2 aromatic rings. The van der Waals surface area contributed by atoms with Crippen LogP contribution in [0.4, 0.5) is 5.82 Å². The average molecular weight is 493 g/mol. The minimum absolute atomic E-state index is 0.108. The lowest BCUT2D eigenvalue weighted by Crippen LogP contribution is -2.58. The van der Waals surface area contributed by atoms with Gasteiger partial charge in [0.25, 0.3) is 0 Å². The van der Waals surface area contributed by atoms with E-state index in [-0.39, 0.29) is 29.9 Å². The summed E-state index contributed by atoms with van der Waals surface area (Å²) in [5, 5.41) is 6.70. The minimum Gasteiger partial charge on any atom is -0.497 e. The maximum absolute atomic E-state index is 13.0. The fourth-order valence-electron chi connectivity index (χ4n) is 5.57. The molecule has 0 unspecified atom stereocenters. The van der Waals surface area contributed by atoms with Gasteiger partial charge in [0.2, 0.25) is 11.8 Å². The Balaban J connectivity index is 1.09. The lowest BCUT2D eigenvalue weighted by atomic mass is 10.0. The van der Waals surface area contributed by atoms with E-state index in [1.165, 1.54) is 5.56 Å². The molecule has 5 rings (SSSR count). The van der Waals surface area contributed by atoms with Gasteiger partial charge in [-0.15, -0.1) is 0 Å². The van der Waals surface area contributed by atoms with Gasteiger partial charge in [-0.05, 0) is 42.7 Å². The van der Waals surface area contributed by atoms with Crippen LogP contribution < -0.4 is 20.3 Å². The third-order valence-electron chi connectivity index (χ3n) is 7.67. The number of piperazine rings is 2. The summed E-state index contributed by atoms with van der Waals surface area (Å²) in [7, 11) is 1.67. The molecule has 0 saturated carbocycles. The van der Waals surface area contributed by atoms with Gasteiger partial charge in [-0.1, -0.05) is 18.2 Å². The van der Waals surface area contributed by atoms with E-state index >= 15 is 0 Å². The van der Waals surface area contributed by atoms with E-state index in [0.717, 1.165) is 63.7 Å². The molecular weight excluding hydrogens is 456 g/mol. The summed E-state index contributed by atoms with van der Waals surface area (Å²) in [5.74, 6) is 2.13. The Morgan fingerprint density at radius 3 is 2.67 bits per heavy atom. The van der Waals surface area contributed by atoms with Gasteiger partial charge in [-0.25, -0.2) is 4.98 Å². The number of carbonyl (C=O) groups excluding carboxylic acids is 2. The van der Waals surface area contributed by atoms with Gasteiger partial charge >= 0.3 is 0 Å². The highest BCUT2D eigenvalue weighted by Crippen LogP contribution is 2.26. The summed E-state index contributed by atoms with van der Waals surface area (Å²) in [4.78, 5) is 36.5. The van der Waals surface area contributed by atoms with Crippen LogP contribution in [-0.4, -0.2) is 91.1 Å². The van der Waals surface area contributed by atoms with Crippen molar-refractivity contribution in [3.05, 3.63) is 54.2 Å². The van der Waals surface area contributed by atoms with Gasteiger partial charge in [-0.2, -0.15) is 0 Å². The van der Waals surface area contributed by atoms with Crippen molar-refractivity contribution in [2.45, 2.75) is 43.9 Å². The monoisotopic (exact) mass is 492 g/mol. The number of aromatic nitrogens is 1. The third kappa shape index (κ3) is 5.63. The molecule has 3 atom stereocenters. The molecular formula is C27H36N6O3. The summed E-state index contributed by atoms with van der Waals surface area (Å²) in [5.41, 5.74) is 1.19. The number of hydrogen-bond acceptors (Lipinski definition) is 7. The Morgan fingerprint density at radius 1 is 1.14 bits per heavy atom. The molecule has 192 valence electrons. The third-order valence-corrected chi connectivity index (χ3v) is 7.67. The molecule has 3 fully saturated rings. The minimum atomic E-state index is -0.117. The number of rotatable bonds is 8. The van der Waals surface area contributed by atoms with Crippen molar-refractivity contribution in [1.82, 2.24) is 25.4 Å². The Labute approximate surface area is 212 Å². The standard InChI is InChI=1S/C27H36N6O3/c1-36-23-8-5-20(6-9-23)17-29-21-16-24-27(35)30-18-22(33(24)19-21)7-10-26(34)32-14-12-31(13-15-32)25-4-2-3-11-28-25/h2-6,8-9,11,21-22,24,29H,7,10,12-19H2,1H3,(H,30,35)/t21-,22+,24-/m0/s1. The van der Waals surface area contributed by atoms with Crippen molar-refractivity contribution in [3.63, 3.8) is 0 Å². The molecule has 3 aliphatic rings. The molecule has 2 N–H and O–H groups in total. The zero-order valence-corrected chi connectivity index (χ0v) is 20.9. The van der Waals surface area contributed by atoms with E-state index in [9.17, 15) is 9.59 Å². The van der Waals surface area contributed by atoms with E-state index in [0.29, 0.717) is 13.0 Å². The van der Waals surface area contributed by atoms with Crippen LogP contribution in [0.25, 0.3) is 0 Å². The molecule has 4 heterocycles. The number of pyridine rings is 1. The van der Waals surface area contributed by atoms with E-state index in [2.05, 4.69) is 37.6 Å². The summed E-state index contributed by atoms with van der Waals surface area (Å²) in [6, 6.07) is 14.3. The molecule has 0 aliphatic carbocycles. The van der Waals surface area contributed by atoms with Crippen LogP contribution in [0.15, 0.2) is 48.7 Å². The molecule has 36 heavy (non-hydrogen) atoms. The van der Waals surface area contributed by atoms with Crippen molar-refractivity contribution >= 4 is 17.6 Å². The maximum Gasteiger partial charge on any atom is 0.237 e. The van der Waals surface area contributed by atoms with Gasteiger partial charge in [0.1, 0.15) is 11.6 Å². The van der Waals surface area contributed by atoms with Gasteiger partial charge in [-0.3, -0.25) is 14.5 Å². The second-order valence-electron chi connectivity index (χ2n) is 9.87. The number of nitrogens with one attached hydrogen (secondary N) is 2. The van der Waals surface area contributed by atoms with E-state index in [1.54, 1.807) is 13.3 Å². The number of carbonyl (C=O) groups is 2. The van der Waals surface area contributed by atoms with E-state index < -0.39 is 0 Å². The average Bonchev–Trinajstić information content (AvgIpc) is 3.38. The Bertz CT molecular complexity index is 1030. The summed E-state index contributed by atoms with van der Waals surface area (Å²) >= 11 is 0. The molecule has 0 spiro atoms. The second kappa shape index (κ2) is 11.3. The number of benzene rings is 1. The predicted molar refractivity (Wildman–Crippen MR) is 138 cm³/mol. The topological polar surface area (TPSA) is 90.0 Å². The zero-order valence-electron chi connectivity index (χ0n) is 20.9. The fourth-order valence-corrected chi connectivity index (χ4v) is 5.57. The molecule has 0 radical (unpaired) electrons. The molecule has 9 nitrogen and oxygen atoms in total. The molecule has 9 heteroatoms. The fraction of sp³-hybridized carbons (Fsp3) is 0.519. The second-order valence-corrected chi connectivity index (χ2v) is 9.87. The van der Waals surface area contributed by atoms with Crippen molar-refractivity contribution < 1.29 is 14.3 Å². The molecule has 2 amide bonds. The highest BCUT2D eigenvalue weighted by atomic mass is 16.5. The van der Waals surface area contributed by atoms with Crippen molar-refractivity contribution in [3.8, 4) is 5.75 Å². The lowest BCUT2D eigenvalue weighted by Gasteiger charge is -2.38. The van der Waals surface area contributed by atoms with Gasteiger partial charge in [0.15, 0.2) is 0 Å². The number of nitrogens with zero attached hydrogens (tertiary/aromatic N) is 4. The summed E-state index contributed by atoms with van der Waals surface area (Å²) in [6.45, 7) is 5.25. The molecule has 1 aromatic carbocycles. The van der Waals surface area contributed by atoms with Crippen LogP contribution >= 0.6 is 0 Å². The van der Waals surface area contributed by atoms with Crippen molar-refractivity contribution in [2.75, 3.05) is 51.3 Å². The van der Waals surface area contributed by atoms with E-state index in [4.69, 9.17) is 4.74 Å². The van der Waals surface area contributed by atoms with Crippen LogP contribution in [0.3, 0.4) is 0 Å². The molecule has 0 bridgehead atoms. The van der Waals surface area contributed by atoms with Crippen LogP contribution in [0.2, 0.25) is 0 Å². The first-order valence-corrected chi connectivity index (χ1v) is 12.9. The van der Waals surface area contributed by atoms with Crippen LogP contribution in [0, 0.1) is 0 Å². The number of methoxy groups -OCH3 is 1. The van der Waals surface area contributed by atoms with Gasteiger partial charge in [0.05, 0.1) is 13.2 Å². The zero-order chi connectivity index (χ0) is 24.9. The molecule has 1 aromatic heterocycles. The number of anilines is 1. The van der Waals surface area contributed by atoms with Crippen LogP contribution in [-0.2, 0) is 16.1 Å². The number of ether oxygens (including phenoxy) is 1. The first-order chi connectivity index (χ1) is 17.6. The van der Waals surface area contributed by atoms with Gasteiger partial charge in [0, 0.05) is 70.5 Å². The maximum atomic E-state index is 13.0. The summed E-state index contributed by atoms with van der Waals surface area (Å²) < 4.78 is 5.23. The lowest BCUT2D eigenvalue weighted by molar-refractivity contribution is -0.132. The van der Waals surface area contributed by atoms with Gasteiger partial charge < -0.3 is 25.2 Å². The number of amides is 2. The number of fused-ring (bicyclic) bond motifs is 1. The van der Waals surface area contributed by atoms with Crippen molar-refractivity contribution in [1.29, 1.82) is 0 Å². The van der Waals surface area contributed by atoms with Crippen LogP contribution in [0.5, 0.6) is 5.75 Å². The van der Waals surface area contributed by atoms with Crippen molar-refractivity contribution in [2.24, 2.45) is 0 Å². The quantitative estimate of drug-likeness (QED) is 0.573. The smallest absolute Gasteiger partial charge is 0.237 e. The molecule has 3 saturated heterocycles. The first kappa shape index (κ1) is 24.5. The summed E-state index contributed by atoms with van der Waals surface area (Å²) in [6.07, 6.45) is 3.88. The van der Waals surface area contributed by atoms with E-state index in [1.807, 2.05) is 35.2 Å². The SMILES string of the molecule is COc1ccc(CN[C@H]2C[C@H]3C(=O)NC[C@@H](CCC(=O)N4CCN(c5ccccn5)CC4)N3C2)cc1. The van der Waals surface area contributed by atoms with Crippen LogP contribution in [0.1, 0.15) is 24.8 Å². The normalized spacial score (nSPS) is 24.4. The molecule has 3 aliphatic heterocycles.